The van der Waals surface area contributed by atoms with E-state index in [1.165, 1.54) is 0 Å². The Labute approximate surface area is 217 Å². The summed E-state index contributed by atoms with van der Waals surface area (Å²) in [6, 6.07) is 4.29. The zero-order chi connectivity index (χ0) is 33.8. The zero-order valence-corrected chi connectivity index (χ0v) is 19.1. The maximum absolute atomic E-state index is 13.9. The fraction of sp³-hybridized carbons (Fsp3) is 0.632. The van der Waals surface area contributed by atoms with Crippen molar-refractivity contribution in [3.05, 3.63) is 40.6 Å². The van der Waals surface area contributed by atoms with E-state index in [4.69, 9.17) is 0 Å². The second kappa shape index (κ2) is 10.4. The number of hydrogen-bond acceptors (Lipinski definition) is 2. The molecule has 2 nitrogen and oxygen atoms in total. The molecule has 1 aromatic rings. The molecule has 0 N–H and O–H groups in total. The highest BCUT2D eigenvalue weighted by molar-refractivity contribution is 5.21. The third kappa shape index (κ3) is 5.17. The minimum Gasteiger partial charge on any atom is -0.489 e. The van der Waals surface area contributed by atoms with Crippen LogP contribution in [0.15, 0.2) is 35.1 Å². The Morgan fingerprint density at radius 3 is 1.17 bits per heavy atom. The fourth-order valence-corrected chi connectivity index (χ4v) is 2.67. The van der Waals surface area contributed by atoms with Gasteiger partial charge in [0.05, 0.1) is 13.0 Å². The van der Waals surface area contributed by atoms with Gasteiger partial charge in [0, 0.05) is 0 Å². The second-order valence-corrected chi connectivity index (χ2v) is 8.03. The summed E-state index contributed by atoms with van der Waals surface area (Å²) in [5.74, 6) is -78.4. The summed E-state index contributed by atoms with van der Waals surface area (Å²) in [5.41, 5.74) is -1.21. The first-order chi connectivity index (χ1) is 18.2. The Morgan fingerprint density at radius 2 is 0.786 bits per heavy atom. The lowest BCUT2D eigenvalue weighted by Gasteiger charge is -2.44. The van der Waals surface area contributed by atoms with Gasteiger partial charge in [-0.2, -0.15) is 92.2 Å². The smallest absolute Gasteiger partial charge is 0.460 e. The van der Waals surface area contributed by atoms with Crippen LogP contribution in [0.5, 0.6) is 5.75 Å². The van der Waals surface area contributed by atoms with Crippen LogP contribution in [0.3, 0.4) is 0 Å². The molecule has 244 valence electrons. The van der Waals surface area contributed by atoms with Gasteiger partial charge in [-0.25, -0.2) is 0 Å². The van der Waals surface area contributed by atoms with Crippen molar-refractivity contribution in [2.45, 2.75) is 65.9 Å². The van der Waals surface area contributed by atoms with E-state index in [0.717, 1.165) is 18.2 Å². The van der Waals surface area contributed by atoms with Gasteiger partial charge < -0.3 is 4.74 Å². The maximum atomic E-state index is 13.9. The third-order valence-electron chi connectivity index (χ3n) is 5.21. The number of rotatable bonds is 12. The van der Waals surface area contributed by atoms with Crippen molar-refractivity contribution < 1.29 is 96.9 Å². The van der Waals surface area contributed by atoms with Gasteiger partial charge in [0.25, 0.3) is 0 Å². The predicted octanol–water partition coefficient (Wildman–Crippen LogP) is 8.10. The van der Waals surface area contributed by atoms with Crippen molar-refractivity contribution in [3.63, 3.8) is 0 Å². The van der Waals surface area contributed by atoms with Crippen molar-refractivity contribution in [3.8, 4) is 5.75 Å². The molecule has 0 bridgehead atoms. The van der Waals surface area contributed by atoms with Gasteiger partial charge in [-0.1, -0.05) is 18.2 Å². The lowest BCUT2D eigenvalue weighted by Crippen LogP contribution is -2.76. The summed E-state index contributed by atoms with van der Waals surface area (Å²) in [6.45, 7) is -2.03. The second-order valence-electron chi connectivity index (χ2n) is 8.03. The summed E-state index contributed by atoms with van der Waals surface area (Å²) in [6.07, 6.45) is -11.0. The Hall–Kier alpha value is -2.78. The van der Waals surface area contributed by atoms with Crippen molar-refractivity contribution in [1.29, 1.82) is 0 Å². The molecule has 0 aliphatic heterocycles. The molecule has 42 heavy (non-hydrogen) atoms. The molecule has 0 unspecified atom stereocenters. The van der Waals surface area contributed by atoms with E-state index in [0.29, 0.717) is 12.1 Å². The van der Waals surface area contributed by atoms with Crippen LogP contribution in [0.1, 0.15) is 6.42 Å². The van der Waals surface area contributed by atoms with Crippen LogP contribution in [0, 0.1) is 0 Å². The average molecular weight is 668 g/mol. The van der Waals surface area contributed by atoms with Gasteiger partial charge in [0.1, 0.15) is 0 Å². The molecule has 23 heteroatoms. The molecular formula is C19H9F21O2. The first kappa shape index (κ1) is 37.2. The van der Waals surface area contributed by atoms with Crippen LogP contribution in [0.4, 0.5) is 92.2 Å². The van der Waals surface area contributed by atoms with Crippen LogP contribution < -0.4 is 10.2 Å². The van der Waals surface area contributed by atoms with Gasteiger partial charge in [-0.15, -0.1) is 0 Å². The first-order valence-corrected chi connectivity index (χ1v) is 9.93. The van der Waals surface area contributed by atoms with E-state index in [-0.39, 0.29) is 0 Å². The fourth-order valence-electron chi connectivity index (χ4n) is 2.67. The van der Waals surface area contributed by atoms with Crippen molar-refractivity contribution in [1.82, 2.24) is 0 Å². The molecule has 0 fully saturated rings. The monoisotopic (exact) mass is 668 g/mol. The van der Waals surface area contributed by atoms with Crippen LogP contribution in [-0.2, 0) is 0 Å². The normalized spacial score (nSPS) is 15.5. The summed E-state index contributed by atoms with van der Waals surface area (Å²) in [5, 5.41) is 0. The standard InChI is InChI=1S/C19H9F21O2/c20-10(21,6-7-42-9-5-3-1-2-4-8(9)41)11(22,23)12(24,25)13(26,27)14(28,29)15(30,31)16(32,33)17(34,35)18(36,37)19(38,39)40/h1-5H,6-7H2. The lowest BCUT2D eigenvalue weighted by atomic mass is 9.86. The van der Waals surface area contributed by atoms with Gasteiger partial charge in [0.15, 0.2) is 5.75 Å². The summed E-state index contributed by atoms with van der Waals surface area (Å²) >= 11 is 0. The first-order valence-electron chi connectivity index (χ1n) is 9.93. The predicted molar refractivity (Wildman–Crippen MR) is 93.4 cm³/mol. The molecule has 0 aliphatic rings. The lowest BCUT2D eigenvalue weighted by molar-refractivity contribution is -0.474. The highest BCUT2D eigenvalue weighted by Gasteiger charge is 2.97. The van der Waals surface area contributed by atoms with Crippen LogP contribution in [0.2, 0.25) is 0 Å². The topological polar surface area (TPSA) is 26.3 Å². The van der Waals surface area contributed by atoms with E-state index >= 15 is 0 Å². The SMILES string of the molecule is O=c1cccccc1OCCC(F)(F)C(F)(F)C(F)(F)C(F)(F)C(F)(F)C(F)(F)C(F)(F)C(F)(F)C(F)(F)C(F)(F)F. The summed E-state index contributed by atoms with van der Waals surface area (Å²) in [4.78, 5) is 11.5. The Bertz CT molecular complexity index is 1170. The van der Waals surface area contributed by atoms with Crippen LogP contribution >= 0.6 is 0 Å². The minimum atomic E-state index is -9.22. The van der Waals surface area contributed by atoms with Crippen molar-refractivity contribution >= 4 is 0 Å². The molecule has 0 aliphatic carbocycles. The highest BCUT2D eigenvalue weighted by Crippen LogP contribution is 2.66. The van der Waals surface area contributed by atoms with E-state index < -0.39 is 83.7 Å². The molecule has 0 aromatic heterocycles. The molecule has 0 saturated heterocycles. The van der Waals surface area contributed by atoms with Crippen LogP contribution in [0.25, 0.3) is 0 Å². The van der Waals surface area contributed by atoms with E-state index in [2.05, 4.69) is 4.74 Å². The van der Waals surface area contributed by atoms with Crippen LogP contribution in [-0.4, -0.2) is 66.1 Å². The highest BCUT2D eigenvalue weighted by atomic mass is 19.4. The number of ether oxygens (including phenoxy) is 1. The zero-order valence-electron chi connectivity index (χ0n) is 19.1. The molecule has 0 amide bonds. The molecule has 1 rings (SSSR count). The maximum Gasteiger partial charge on any atom is 0.460 e. The number of halogens is 21. The van der Waals surface area contributed by atoms with E-state index in [9.17, 15) is 97.0 Å². The summed E-state index contributed by atoms with van der Waals surface area (Å²) in [7, 11) is 0. The van der Waals surface area contributed by atoms with Gasteiger partial charge >= 0.3 is 59.5 Å². The molecule has 0 heterocycles. The van der Waals surface area contributed by atoms with Crippen molar-refractivity contribution in [2.24, 2.45) is 0 Å². The van der Waals surface area contributed by atoms with Crippen molar-refractivity contribution in [2.75, 3.05) is 6.61 Å². The van der Waals surface area contributed by atoms with E-state index in [1.54, 1.807) is 0 Å². The Morgan fingerprint density at radius 1 is 0.452 bits per heavy atom. The molecule has 0 spiro atoms. The minimum absolute atomic E-state index is 0.641. The molecule has 0 atom stereocenters. The quantitative estimate of drug-likeness (QED) is 0.211. The largest absolute Gasteiger partial charge is 0.489 e. The molecule has 1 aromatic carbocycles. The number of alkyl halides is 21. The van der Waals surface area contributed by atoms with Gasteiger partial charge in [0.2, 0.25) is 5.43 Å². The van der Waals surface area contributed by atoms with Gasteiger partial charge in [-0.05, 0) is 12.1 Å². The molecular weight excluding hydrogens is 659 g/mol. The molecule has 0 saturated carbocycles. The summed E-state index contributed by atoms with van der Waals surface area (Å²) < 4.78 is 284. The van der Waals surface area contributed by atoms with E-state index in [1.807, 2.05) is 0 Å². The Balaban J connectivity index is 3.56. The Kier molecular flexibility index (Phi) is 9.26. The molecule has 0 radical (unpaired) electrons. The number of hydrogen-bond donors (Lipinski definition) is 0. The average Bonchev–Trinajstić information content (AvgIpc) is 3.01. The third-order valence-corrected chi connectivity index (χ3v) is 5.21. The van der Waals surface area contributed by atoms with Gasteiger partial charge in [-0.3, -0.25) is 4.79 Å².